The number of benzene rings is 2. The first-order valence-corrected chi connectivity index (χ1v) is 14.8. The van der Waals surface area contributed by atoms with Crippen molar-refractivity contribution in [1.82, 2.24) is 4.90 Å². The minimum Gasteiger partial charge on any atom is -0.667 e. The fourth-order valence-corrected chi connectivity index (χ4v) is 10.2. The Labute approximate surface area is 226 Å². The van der Waals surface area contributed by atoms with Gasteiger partial charge in [-0.2, -0.15) is 7.05 Å². The van der Waals surface area contributed by atoms with Crippen LogP contribution in [0, 0.1) is 40.0 Å². The summed E-state index contributed by atoms with van der Waals surface area (Å²) in [6.07, 6.45) is 5.60. The van der Waals surface area contributed by atoms with Gasteiger partial charge < -0.3 is 32.2 Å². The number of hydrogen-bond donors (Lipinski definition) is 0. The first kappa shape index (κ1) is 30.9. The maximum Gasteiger partial charge on any atom is 4.00 e. The Kier molecular flexibility index (Phi) is 11.1. The average molecular weight is 509 g/mol. The summed E-state index contributed by atoms with van der Waals surface area (Å²) in [6.45, 7) is 5.03. The largest absolute Gasteiger partial charge is 4.00 e. The van der Waals surface area contributed by atoms with Gasteiger partial charge in [-0.1, -0.05) is 101 Å². The zero-order valence-corrected chi connectivity index (χ0v) is 24.9. The maximum atomic E-state index is 5.08. The Balaban J connectivity index is 0.00000144. The molecule has 1 aliphatic heterocycles. The van der Waals surface area contributed by atoms with E-state index in [1.165, 1.54) is 42.5 Å². The quantitative estimate of drug-likeness (QED) is 0.300. The van der Waals surface area contributed by atoms with E-state index >= 15 is 0 Å². The van der Waals surface area contributed by atoms with Gasteiger partial charge in [-0.25, -0.2) is 0 Å². The fourth-order valence-electron chi connectivity index (χ4n) is 7.17. The number of fused-ring (bicyclic) bond motifs is 3. The first-order valence-electron chi connectivity index (χ1n) is 11.7. The molecule has 0 bridgehead atoms. The predicted molar refractivity (Wildman–Crippen MR) is 150 cm³/mol. The van der Waals surface area contributed by atoms with Crippen molar-refractivity contribution in [2.45, 2.75) is 50.4 Å². The first-order chi connectivity index (χ1) is 14.5. The van der Waals surface area contributed by atoms with Crippen LogP contribution in [0.3, 0.4) is 0 Å². The van der Waals surface area contributed by atoms with E-state index in [2.05, 4.69) is 92.8 Å². The maximum absolute atomic E-state index is 5.08. The molecule has 5 atom stereocenters. The van der Waals surface area contributed by atoms with Crippen LogP contribution in [-0.2, 0) is 21.7 Å². The summed E-state index contributed by atoms with van der Waals surface area (Å²) in [5, 5.41) is 0. The van der Waals surface area contributed by atoms with Gasteiger partial charge in [0.05, 0.1) is 0 Å². The van der Waals surface area contributed by atoms with Crippen molar-refractivity contribution >= 4 is 19.5 Å². The van der Waals surface area contributed by atoms with E-state index in [0.717, 1.165) is 17.4 Å². The van der Waals surface area contributed by atoms with Crippen LogP contribution in [0.5, 0.6) is 0 Å². The second-order valence-corrected chi connectivity index (χ2v) is 14.6. The molecule has 0 spiro atoms. The van der Waals surface area contributed by atoms with Crippen molar-refractivity contribution in [1.29, 1.82) is 0 Å². The van der Waals surface area contributed by atoms with E-state index in [4.69, 9.17) is 4.98 Å². The van der Waals surface area contributed by atoms with Crippen molar-refractivity contribution in [3.05, 3.63) is 99.1 Å². The molecule has 1 heterocycles. The molecule has 2 nitrogen and oxygen atoms in total. The molecule has 182 valence electrons. The molecule has 0 radical (unpaired) electrons. The standard InChI is InChI=1S/C27H35N2Si.3CH3.Ti/c1-28-30(3,4)27-22-18-12-11-17-21(22)24-23(19-13-7-5-8-14-19)25(29(2)26(24)27)20-15-9-6-10-16-20;;;;/h5-10,13-16,21-22,24,26-27H,11-12,17-18H2,1-4H3;3*1H3;/q4*-1;+4. The molecule has 5 unspecified atom stereocenters. The minimum absolute atomic E-state index is 0. The number of rotatable bonds is 4. The fraction of sp³-hybridized carbons (Fsp3) is 0.433. The van der Waals surface area contributed by atoms with Crippen LogP contribution in [0.1, 0.15) is 36.8 Å². The SMILES string of the molecule is C[N-][Si](C)(C)C1C2CCCCC2C2C(c3ccccc3)=C(c3ccccc3)N(C)C21.[CH3-].[CH3-].[CH3-].[Ti+4]. The topological polar surface area (TPSA) is 17.3 Å². The summed E-state index contributed by atoms with van der Waals surface area (Å²) in [4.78, 5) is 7.76. The summed E-state index contributed by atoms with van der Waals surface area (Å²) in [5.74, 6) is 2.29. The zero-order valence-electron chi connectivity index (χ0n) is 22.4. The molecule has 3 aliphatic rings. The Morgan fingerprint density at radius 2 is 1.29 bits per heavy atom. The van der Waals surface area contributed by atoms with Crippen LogP contribution in [0.25, 0.3) is 16.3 Å². The summed E-state index contributed by atoms with van der Waals surface area (Å²) >= 11 is 0. The number of nitrogens with zero attached hydrogens (tertiary/aromatic N) is 2. The molecule has 2 aromatic carbocycles. The van der Waals surface area contributed by atoms with Crippen LogP contribution in [0.15, 0.2) is 60.7 Å². The van der Waals surface area contributed by atoms with Crippen LogP contribution in [-0.4, -0.2) is 33.3 Å². The zero-order chi connectivity index (χ0) is 20.9. The van der Waals surface area contributed by atoms with E-state index < -0.39 is 8.24 Å². The molecule has 4 heteroatoms. The second-order valence-electron chi connectivity index (χ2n) is 10.1. The molecule has 0 saturated heterocycles. The van der Waals surface area contributed by atoms with Gasteiger partial charge in [0.2, 0.25) is 0 Å². The van der Waals surface area contributed by atoms with Crippen LogP contribution in [0.4, 0.5) is 0 Å². The van der Waals surface area contributed by atoms with Gasteiger partial charge in [-0.15, -0.1) is 0 Å². The average Bonchev–Trinajstić information content (AvgIpc) is 3.28. The van der Waals surface area contributed by atoms with E-state index in [9.17, 15) is 0 Å². The Morgan fingerprint density at radius 1 is 0.794 bits per heavy atom. The molecule has 0 aromatic heterocycles. The van der Waals surface area contributed by atoms with Gasteiger partial charge in [0.15, 0.2) is 0 Å². The molecule has 2 aliphatic carbocycles. The molecule has 2 saturated carbocycles. The van der Waals surface area contributed by atoms with E-state index in [1.54, 1.807) is 5.57 Å². The molecular formula is C30H44N2SiTi. The van der Waals surface area contributed by atoms with E-state index in [0.29, 0.717) is 12.0 Å². The van der Waals surface area contributed by atoms with E-state index in [1.807, 2.05) is 0 Å². The van der Waals surface area contributed by atoms with Crippen LogP contribution >= 0.6 is 0 Å². The molecule has 34 heavy (non-hydrogen) atoms. The summed E-state index contributed by atoms with van der Waals surface area (Å²) in [6, 6.07) is 23.0. The van der Waals surface area contributed by atoms with Crippen LogP contribution < -0.4 is 0 Å². The molecule has 2 aromatic rings. The van der Waals surface area contributed by atoms with Gasteiger partial charge >= 0.3 is 21.7 Å². The number of hydrogen-bond acceptors (Lipinski definition) is 1. The second kappa shape index (κ2) is 12.2. The van der Waals surface area contributed by atoms with Crippen molar-refractivity contribution in [2.75, 3.05) is 14.1 Å². The van der Waals surface area contributed by atoms with Crippen molar-refractivity contribution < 1.29 is 21.7 Å². The monoisotopic (exact) mass is 508 g/mol. The summed E-state index contributed by atoms with van der Waals surface area (Å²) < 4.78 is 0. The Morgan fingerprint density at radius 3 is 1.82 bits per heavy atom. The van der Waals surface area contributed by atoms with Gasteiger partial charge in [0.25, 0.3) is 0 Å². The van der Waals surface area contributed by atoms with Gasteiger partial charge in [0.1, 0.15) is 0 Å². The normalized spacial score (nSPS) is 27.4. The Bertz CT molecular complexity index is 927. The third-order valence-electron chi connectivity index (χ3n) is 8.45. The van der Waals surface area contributed by atoms with Gasteiger partial charge in [-0.05, 0) is 40.5 Å². The summed E-state index contributed by atoms with van der Waals surface area (Å²) in [7, 11) is 2.78. The van der Waals surface area contributed by atoms with Crippen LogP contribution in [0.2, 0.25) is 18.6 Å². The van der Waals surface area contributed by atoms with Gasteiger partial charge in [0, 0.05) is 24.7 Å². The summed E-state index contributed by atoms with van der Waals surface area (Å²) in [5.41, 5.74) is 6.60. The molecule has 2 fully saturated rings. The molecular weight excluding hydrogens is 464 g/mol. The predicted octanol–water partition coefficient (Wildman–Crippen LogP) is 8.23. The van der Waals surface area contributed by atoms with E-state index in [-0.39, 0.29) is 44.0 Å². The molecule has 0 N–H and O–H groups in total. The Hall–Kier alpha value is -1.13. The smallest absolute Gasteiger partial charge is 0.667 e. The van der Waals surface area contributed by atoms with Crippen molar-refractivity contribution in [2.24, 2.45) is 17.8 Å². The van der Waals surface area contributed by atoms with Gasteiger partial charge in [-0.3, -0.25) is 0 Å². The third-order valence-corrected chi connectivity index (χ3v) is 12.0. The van der Waals surface area contributed by atoms with Crippen molar-refractivity contribution in [3.63, 3.8) is 0 Å². The van der Waals surface area contributed by atoms with Crippen molar-refractivity contribution in [3.8, 4) is 0 Å². The third kappa shape index (κ3) is 4.91. The molecule has 5 rings (SSSR count). The molecule has 0 amide bonds. The minimum atomic E-state index is -1.68.